The van der Waals surface area contributed by atoms with Gasteiger partial charge in [0.15, 0.2) is 0 Å². The first-order valence-corrected chi connectivity index (χ1v) is 20.2. The fourth-order valence-corrected chi connectivity index (χ4v) is 10.4. The van der Waals surface area contributed by atoms with E-state index in [1.54, 1.807) is 0 Å². The van der Waals surface area contributed by atoms with Crippen LogP contribution in [0, 0.1) is 0 Å². The summed E-state index contributed by atoms with van der Waals surface area (Å²) in [6, 6.07) is 71.2. The molecule has 266 valence electrons. The molecule has 0 saturated carbocycles. The molecule has 0 amide bonds. The monoisotopic (exact) mass is 734 g/mol. The molecule has 1 aliphatic carbocycles. The van der Waals surface area contributed by atoms with Gasteiger partial charge in [-0.05, 0) is 111 Å². The molecule has 3 heteroatoms. The molecular weight excluding hydrogens is 697 g/mol. The van der Waals surface area contributed by atoms with Gasteiger partial charge >= 0.3 is 0 Å². The van der Waals surface area contributed by atoms with E-state index in [-0.39, 0.29) is 5.41 Å². The number of benzene rings is 9. The predicted molar refractivity (Wildman–Crippen MR) is 241 cm³/mol. The predicted octanol–water partition coefficient (Wildman–Crippen LogP) is 15.6. The Bertz CT molecular complexity index is 3120. The van der Waals surface area contributed by atoms with Crippen molar-refractivity contribution in [2.45, 2.75) is 19.3 Å². The van der Waals surface area contributed by atoms with Crippen LogP contribution in [0.3, 0.4) is 0 Å². The van der Waals surface area contributed by atoms with Gasteiger partial charge in [0.1, 0.15) is 0 Å². The van der Waals surface area contributed by atoms with E-state index in [1.165, 1.54) is 64.0 Å². The highest BCUT2D eigenvalue weighted by atomic mass is 32.1. The summed E-state index contributed by atoms with van der Waals surface area (Å²) in [5.74, 6) is 0. The van der Waals surface area contributed by atoms with Crippen molar-refractivity contribution in [3.63, 3.8) is 0 Å². The number of hydrogen-bond acceptors (Lipinski definition) is 3. The van der Waals surface area contributed by atoms with Gasteiger partial charge in [-0.2, -0.15) is 0 Å². The zero-order valence-electron chi connectivity index (χ0n) is 31.3. The van der Waals surface area contributed by atoms with Gasteiger partial charge in [-0.1, -0.05) is 135 Å². The number of thiophene rings is 1. The molecule has 0 aliphatic heterocycles. The zero-order chi connectivity index (χ0) is 37.4. The molecule has 1 aromatic heterocycles. The van der Waals surface area contributed by atoms with Gasteiger partial charge < -0.3 is 9.80 Å². The van der Waals surface area contributed by atoms with Crippen LogP contribution in [0.4, 0.5) is 34.1 Å². The van der Waals surface area contributed by atoms with E-state index < -0.39 is 0 Å². The van der Waals surface area contributed by atoms with Gasteiger partial charge in [0, 0.05) is 65.1 Å². The number of para-hydroxylation sites is 2. The van der Waals surface area contributed by atoms with Crippen molar-refractivity contribution in [2.75, 3.05) is 9.80 Å². The highest BCUT2D eigenvalue weighted by Crippen LogP contribution is 2.51. The van der Waals surface area contributed by atoms with Crippen molar-refractivity contribution in [1.82, 2.24) is 0 Å². The second kappa shape index (κ2) is 12.7. The van der Waals surface area contributed by atoms with Crippen LogP contribution in [-0.2, 0) is 5.41 Å². The summed E-state index contributed by atoms with van der Waals surface area (Å²) in [7, 11) is 0. The Kier molecular flexibility index (Phi) is 7.42. The van der Waals surface area contributed by atoms with Crippen molar-refractivity contribution in [3.05, 3.63) is 205 Å². The van der Waals surface area contributed by atoms with Gasteiger partial charge in [-0.15, -0.1) is 11.3 Å². The Morgan fingerprint density at radius 1 is 0.375 bits per heavy atom. The number of rotatable bonds is 6. The Morgan fingerprint density at radius 2 is 0.946 bits per heavy atom. The lowest BCUT2D eigenvalue weighted by atomic mass is 9.82. The van der Waals surface area contributed by atoms with E-state index in [0.717, 1.165) is 34.1 Å². The fraction of sp³-hybridized carbons (Fsp3) is 0.0566. The Morgan fingerprint density at radius 3 is 1.71 bits per heavy atom. The van der Waals surface area contributed by atoms with E-state index in [9.17, 15) is 0 Å². The van der Waals surface area contributed by atoms with Crippen LogP contribution >= 0.6 is 11.3 Å². The van der Waals surface area contributed by atoms with Crippen LogP contribution < -0.4 is 9.80 Å². The lowest BCUT2D eigenvalue weighted by Gasteiger charge is -2.30. The topological polar surface area (TPSA) is 6.48 Å². The number of anilines is 6. The fourth-order valence-electron chi connectivity index (χ4n) is 9.10. The third-order valence-electron chi connectivity index (χ3n) is 11.8. The van der Waals surface area contributed by atoms with E-state index in [1.807, 2.05) is 11.3 Å². The summed E-state index contributed by atoms with van der Waals surface area (Å²) >= 11 is 1.90. The average molecular weight is 735 g/mol. The summed E-state index contributed by atoms with van der Waals surface area (Å²) in [6.45, 7) is 4.70. The molecule has 11 rings (SSSR count). The van der Waals surface area contributed by atoms with Crippen molar-refractivity contribution < 1.29 is 0 Å². The van der Waals surface area contributed by atoms with Crippen molar-refractivity contribution >= 4 is 87.2 Å². The molecule has 0 bridgehead atoms. The maximum atomic E-state index is 2.41. The Balaban J connectivity index is 1.07. The maximum Gasteiger partial charge on any atom is 0.0482 e. The van der Waals surface area contributed by atoms with Gasteiger partial charge in [-0.25, -0.2) is 0 Å². The molecule has 0 atom stereocenters. The lowest BCUT2D eigenvalue weighted by molar-refractivity contribution is 0.660. The Labute approximate surface area is 331 Å². The van der Waals surface area contributed by atoms with Crippen LogP contribution in [0.2, 0.25) is 0 Å². The van der Waals surface area contributed by atoms with Gasteiger partial charge in [0.2, 0.25) is 0 Å². The molecule has 0 radical (unpaired) electrons. The van der Waals surface area contributed by atoms with Crippen molar-refractivity contribution in [3.8, 4) is 11.1 Å². The van der Waals surface area contributed by atoms with Crippen LogP contribution in [-0.4, -0.2) is 0 Å². The molecule has 56 heavy (non-hydrogen) atoms. The maximum absolute atomic E-state index is 2.41. The molecule has 1 heterocycles. The number of fused-ring (bicyclic) bond motifs is 10. The van der Waals surface area contributed by atoms with Crippen LogP contribution in [0.25, 0.3) is 52.8 Å². The van der Waals surface area contributed by atoms with Crippen LogP contribution in [0.1, 0.15) is 25.0 Å². The minimum Gasteiger partial charge on any atom is -0.310 e. The molecule has 0 fully saturated rings. The minimum atomic E-state index is -0.0971. The van der Waals surface area contributed by atoms with Crippen molar-refractivity contribution in [2.24, 2.45) is 0 Å². The molecule has 0 unspecified atom stereocenters. The van der Waals surface area contributed by atoms with Crippen molar-refractivity contribution in [1.29, 1.82) is 0 Å². The van der Waals surface area contributed by atoms with Crippen LogP contribution in [0.15, 0.2) is 194 Å². The van der Waals surface area contributed by atoms with Gasteiger partial charge in [-0.3, -0.25) is 0 Å². The van der Waals surface area contributed by atoms with E-state index in [2.05, 4.69) is 218 Å². The molecule has 9 aromatic carbocycles. The first kappa shape index (κ1) is 32.7. The summed E-state index contributed by atoms with van der Waals surface area (Å²) in [5, 5.41) is 7.79. The second-order valence-electron chi connectivity index (χ2n) is 15.4. The highest BCUT2D eigenvalue weighted by molar-refractivity contribution is 7.26. The average Bonchev–Trinajstić information content (AvgIpc) is 3.73. The smallest absolute Gasteiger partial charge is 0.0482 e. The largest absolute Gasteiger partial charge is 0.310 e. The van der Waals surface area contributed by atoms with Crippen LogP contribution in [0.5, 0.6) is 0 Å². The number of nitrogens with zero attached hydrogens (tertiary/aromatic N) is 2. The molecule has 2 nitrogen and oxygen atoms in total. The molecule has 0 N–H and O–H groups in total. The molecule has 0 saturated heterocycles. The zero-order valence-corrected chi connectivity index (χ0v) is 32.1. The van der Waals surface area contributed by atoms with E-state index in [4.69, 9.17) is 0 Å². The summed E-state index contributed by atoms with van der Waals surface area (Å²) in [5.41, 5.74) is 12.0. The van der Waals surface area contributed by atoms with E-state index in [0.29, 0.717) is 0 Å². The normalized spacial score (nSPS) is 13.0. The van der Waals surface area contributed by atoms with Gasteiger partial charge in [0.25, 0.3) is 0 Å². The standard InChI is InChI=1S/C53H38N2S/c1-53(2)48-23-12-11-22-44(48)45-30-27-42(34-49(45)53)55(38-17-7-4-8-18-38)40-20-13-19-39(32-40)54(37-15-5-3-6-16-37)41-28-31-50-47(33-41)46-29-26-36-25-24-35-14-9-10-21-43(35)51(36)52(46)56-50/h3-34H,1-2H3. The first-order chi connectivity index (χ1) is 27.5. The number of hydrogen-bond donors (Lipinski definition) is 0. The summed E-state index contributed by atoms with van der Waals surface area (Å²) in [4.78, 5) is 4.80. The third kappa shape index (κ3) is 5.08. The summed E-state index contributed by atoms with van der Waals surface area (Å²) in [6.07, 6.45) is 0. The SMILES string of the molecule is CC1(C)c2ccccc2-c2ccc(N(c3ccccc3)c3cccc(N(c4ccccc4)c4ccc5sc6c(ccc7ccc8ccccc8c76)c5c4)c3)cc21. The second-order valence-corrected chi connectivity index (χ2v) is 16.4. The van der Waals surface area contributed by atoms with E-state index >= 15 is 0 Å². The molecule has 0 spiro atoms. The molecular formula is C53H38N2S. The summed E-state index contributed by atoms with van der Waals surface area (Å²) < 4.78 is 2.64. The van der Waals surface area contributed by atoms with Gasteiger partial charge in [0.05, 0.1) is 0 Å². The first-order valence-electron chi connectivity index (χ1n) is 19.3. The third-order valence-corrected chi connectivity index (χ3v) is 13.0. The minimum absolute atomic E-state index is 0.0971. The molecule has 1 aliphatic rings. The molecule has 10 aromatic rings. The highest BCUT2D eigenvalue weighted by Gasteiger charge is 2.35. The quantitative estimate of drug-likeness (QED) is 0.157. The Hall–Kier alpha value is -6.68. The lowest BCUT2D eigenvalue weighted by Crippen LogP contribution is -2.17.